The molecule has 1 amide bonds. The van der Waals surface area contributed by atoms with Crippen molar-refractivity contribution in [3.8, 4) is 11.5 Å². The van der Waals surface area contributed by atoms with Crippen LogP contribution in [-0.4, -0.2) is 114 Å². The number of aromatic hydroxyl groups is 1. The number of benzene rings is 1. The molecule has 44 heavy (non-hydrogen) atoms. The number of nitrogens with zero attached hydrogens (tertiary/aromatic N) is 2. The summed E-state index contributed by atoms with van der Waals surface area (Å²) in [6, 6.07) is 3.81. The molecule has 1 spiro atoms. The number of phenolic OH excluding ortho intramolecular Hbond substituents is 1. The Kier molecular flexibility index (Phi) is 7.92. The number of hydrogen-bond acceptors (Lipinski definition) is 9. The van der Waals surface area contributed by atoms with E-state index >= 15 is 0 Å². The number of piperidine rings is 1. The van der Waals surface area contributed by atoms with Crippen LogP contribution in [0.25, 0.3) is 0 Å². The van der Waals surface area contributed by atoms with E-state index in [1.165, 1.54) is 18.4 Å². The van der Waals surface area contributed by atoms with E-state index in [0.717, 1.165) is 75.2 Å². The Balaban J connectivity index is 0.000000299. The van der Waals surface area contributed by atoms with Gasteiger partial charge in [0.1, 0.15) is 6.10 Å². The highest BCUT2D eigenvalue weighted by atomic mass is 16.5. The molecule has 7 atom stereocenters. The molecular formula is C32H42N2O10. The Morgan fingerprint density at radius 1 is 1.09 bits per heavy atom. The average Bonchev–Trinajstić information content (AvgIpc) is 3.63. The second-order valence-electron chi connectivity index (χ2n) is 13.2. The third kappa shape index (κ3) is 4.69. The average molecular weight is 615 g/mol. The Morgan fingerprint density at radius 2 is 1.80 bits per heavy atom. The molecule has 7 rings (SSSR count). The van der Waals surface area contributed by atoms with Crippen LogP contribution in [0.1, 0.15) is 69.4 Å². The third-order valence-electron chi connectivity index (χ3n) is 10.8. The predicted molar refractivity (Wildman–Crippen MR) is 155 cm³/mol. The first-order valence-corrected chi connectivity index (χ1v) is 15.7. The fraction of sp³-hybridized carbons (Fsp3) is 0.656. The normalized spacial score (nSPS) is 34.1. The molecule has 1 aromatic rings. The lowest BCUT2D eigenvalue weighted by Crippen LogP contribution is -2.78. The van der Waals surface area contributed by atoms with Crippen LogP contribution in [-0.2, 0) is 26.2 Å². The number of ether oxygens (including phenoxy) is 1. The van der Waals surface area contributed by atoms with Crippen LogP contribution in [0.5, 0.6) is 11.5 Å². The minimum Gasteiger partial charge on any atom is -0.504 e. The first kappa shape index (κ1) is 30.8. The molecule has 1 aromatic carbocycles. The topological polar surface area (TPSA) is 188 Å². The molecule has 12 heteroatoms. The molecular weight excluding hydrogens is 572 g/mol. The van der Waals surface area contributed by atoms with Crippen LogP contribution < -0.4 is 4.74 Å². The molecule has 2 saturated carbocycles. The number of carboxylic acids is 2. The first-order chi connectivity index (χ1) is 20.9. The first-order valence-electron chi connectivity index (χ1n) is 15.7. The van der Waals surface area contributed by atoms with Crippen molar-refractivity contribution in [3.63, 3.8) is 0 Å². The number of rotatable bonds is 8. The molecule has 240 valence electrons. The minimum atomic E-state index is -2.27. The highest BCUT2D eigenvalue weighted by Gasteiger charge is 2.73. The fourth-order valence-electron chi connectivity index (χ4n) is 8.50. The van der Waals surface area contributed by atoms with Crippen molar-refractivity contribution in [1.29, 1.82) is 0 Å². The lowest BCUT2D eigenvalue weighted by atomic mass is 9.48. The third-order valence-corrected chi connectivity index (χ3v) is 10.8. The van der Waals surface area contributed by atoms with Gasteiger partial charge >= 0.3 is 11.9 Å². The van der Waals surface area contributed by atoms with Crippen molar-refractivity contribution in [2.75, 3.05) is 19.6 Å². The van der Waals surface area contributed by atoms with Crippen LogP contribution in [0.3, 0.4) is 0 Å². The number of hydrogen-bond donors (Lipinski definition) is 6. The molecule has 6 N–H and O–H groups in total. The maximum Gasteiger partial charge on any atom is 0.335 e. The Hall–Kier alpha value is -3.19. The number of carbonyl (C=O) groups excluding carboxylic acids is 1. The number of aliphatic hydroxyl groups excluding tert-OH is 2. The molecule has 4 fully saturated rings. The van der Waals surface area contributed by atoms with E-state index in [1.54, 1.807) is 6.07 Å². The second-order valence-corrected chi connectivity index (χ2v) is 13.2. The number of phenols is 1. The fourth-order valence-corrected chi connectivity index (χ4v) is 8.50. The van der Waals surface area contributed by atoms with Gasteiger partial charge in [-0.15, -0.1) is 0 Å². The van der Waals surface area contributed by atoms with Gasteiger partial charge in [-0.3, -0.25) is 9.69 Å². The zero-order chi connectivity index (χ0) is 31.6. The van der Waals surface area contributed by atoms with Crippen molar-refractivity contribution >= 4 is 17.8 Å². The summed E-state index contributed by atoms with van der Waals surface area (Å²) in [5.41, 5.74) is 1.73. The maximum atomic E-state index is 13.4. The number of unbranched alkanes of at least 4 members (excludes halogenated alkanes) is 1. The summed E-state index contributed by atoms with van der Waals surface area (Å²) in [4.78, 5) is 37.5. The van der Waals surface area contributed by atoms with Gasteiger partial charge in [-0.25, -0.2) is 9.59 Å². The van der Waals surface area contributed by atoms with Crippen molar-refractivity contribution in [3.05, 3.63) is 34.9 Å². The van der Waals surface area contributed by atoms with E-state index in [9.17, 15) is 24.6 Å². The van der Waals surface area contributed by atoms with Gasteiger partial charge in [0.05, 0.1) is 17.1 Å². The van der Waals surface area contributed by atoms with Gasteiger partial charge in [-0.1, -0.05) is 25.5 Å². The number of carbonyl (C=O) groups is 3. The number of carboxylic acid groups (broad SMARTS) is 2. The Morgan fingerprint density at radius 3 is 2.43 bits per heavy atom. The van der Waals surface area contributed by atoms with Gasteiger partial charge in [0.15, 0.2) is 23.7 Å². The minimum absolute atomic E-state index is 0.0752. The lowest BCUT2D eigenvalue weighted by molar-refractivity contribution is -0.200. The van der Waals surface area contributed by atoms with Crippen LogP contribution in [0.15, 0.2) is 23.8 Å². The summed E-state index contributed by atoms with van der Waals surface area (Å²) >= 11 is 0. The molecule has 0 aromatic heterocycles. The van der Waals surface area contributed by atoms with Gasteiger partial charge in [0, 0.05) is 30.3 Å². The highest BCUT2D eigenvalue weighted by Crippen LogP contribution is 2.66. The summed E-state index contributed by atoms with van der Waals surface area (Å²) in [5, 5.41) is 55.9. The van der Waals surface area contributed by atoms with E-state index in [4.69, 9.17) is 25.2 Å². The maximum absolute atomic E-state index is 13.4. The summed E-state index contributed by atoms with van der Waals surface area (Å²) in [7, 11) is 0. The Labute approximate surface area is 255 Å². The SMILES string of the molecule is CCCC=C1CCN([C@@H]2CC[C@@]3(O)[C@H]4Cc5ccc(O)c6c5[C@@]3(CCN4CC3CC3)[C@H]2O6)C1=O.O=C(O)C(O)C(O)C(=O)O. The van der Waals surface area contributed by atoms with Gasteiger partial charge in [-0.05, 0) is 75.5 Å². The van der Waals surface area contributed by atoms with Crippen molar-refractivity contribution in [1.82, 2.24) is 9.80 Å². The summed E-state index contributed by atoms with van der Waals surface area (Å²) in [6.45, 7) is 4.88. The molecule has 2 unspecified atom stereocenters. The van der Waals surface area contributed by atoms with Gasteiger partial charge in [0.25, 0.3) is 0 Å². The van der Waals surface area contributed by atoms with Crippen LogP contribution in [0.4, 0.5) is 0 Å². The van der Waals surface area contributed by atoms with Gasteiger partial charge in [-0.2, -0.15) is 0 Å². The molecule has 3 aliphatic carbocycles. The predicted octanol–water partition coefficient (Wildman–Crippen LogP) is 1.16. The molecule has 2 saturated heterocycles. The largest absolute Gasteiger partial charge is 0.504 e. The number of allylic oxidation sites excluding steroid dienone is 1. The Bertz CT molecular complexity index is 1360. The van der Waals surface area contributed by atoms with E-state index < -0.39 is 35.2 Å². The number of aliphatic hydroxyl groups is 3. The van der Waals surface area contributed by atoms with Crippen LogP contribution in [0, 0.1) is 5.92 Å². The monoisotopic (exact) mass is 614 g/mol. The van der Waals surface area contributed by atoms with Gasteiger partial charge < -0.3 is 40.3 Å². The van der Waals surface area contributed by atoms with Gasteiger partial charge in [0.2, 0.25) is 5.91 Å². The van der Waals surface area contributed by atoms with Crippen LogP contribution >= 0.6 is 0 Å². The van der Waals surface area contributed by atoms with Crippen molar-refractivity contribution < 1.29 is 49.8 Å². The molecule has 6 aliphatic rings. The number of aliphatic carboxylic acids is 2. The lowest BCUT2D eigenvalue weighted by Gasteiger charge is -2.64. The van der Waals surface area contributed by atoms with E-state index in [-0.39, 0.29) is 29.8 Å². The zero-order valence-corrected chi connectivity index (χ0v) is 24.9. The summed E-state index contributed by atoms with van der Waals surface area (Å²) in [5.74, 6) is -1.89. The second kappa shape index (κ2) is 11.3. The molecule has 2 bridgehead atoms. The summed E-state index contributed by atoms with van der Waals surface area (Å²) in [6.07, 6.45) is 5.69. The molecule has 3 heterocycles. The molecule has 3 aliphatic heterocycles. The van der Waals surface area contributed by atoms with Crippen molar-refractivity contribution in [2.24, 2.45) is 5.92 Å². The molecule has 0 radical (unpaired) electrons. The number of likely N-dealkylation sites (tertiary alicyclic amines) is 2. The quantitative estimate of drug-likeness (QED) is 0.231. The highest BCUT2D eigenvalue weighted by molar-refractivity contribution is 5.96. The standard InChI is InChI=1S/C28H36N2O4.C4H6O6/c1-2-3-4-18-10-13-30(26(18)32)20-9-11-28(33)22-15-19-7-8-21(31)24-23(19)27(28,25(20)34-24)12-14-29(22)16-17-5-6-17;5-1(3(7)8)2(6)4(9)10/h4,7-8,17,20,22,25,31,33H,2-3,5-6,9-16H2,1H3;1-2,5-6H,(H,7,8)(H,9,10)/t20-,22-,25+,27+,28-;/m1./s1. The molecule has 12 nitrogen and oxygen atoms in total. The van der Waals surface area contributed by atoms with E-state index in [1.807, 2.05) is 11.0 Å². The number of amides is 1. The summed E-state index contributed by atoms with van der Waals surface area (Å²) < 4.78 is 6.65. The zero-order valence-electron chi connectivity index (χ0n) is 24.9. The van der Waals surface area contributed by atoms with Crippen LogP contribution in [0.2, 0.25) is 0 Å². The van der Waals surface area contributed by atoms with E-state index in [2.05, 4.69) is 17.9 Å². The van der Waals surface area contributed by atoms with Crippen molar-refractivity contribution in [2.45, 2.75) is 106 Å². The smallest absolute Gasteiger partial charge is 0.335 e. The van der Waals surface area contributed by atoms with E-state index in [0.29, 0.717) is 12.2 Å².